The monoisotopic (exact) mass is 1190 g/mol. The van der Waals surface area contributed by atoms with Gasteiger partial charge in [0.2, 0.25) is 11.6 Å². The number of nitrogens with one attached hydrogen (secondary N) is 4. The van der Waals surface area contributed by atoms with E-state index in [0.717, 1.165) is 55.7 Å². The van der Waals surface area contributed by atoms with Gasteiger partial charge in [-0.3, -0.25) is 25.3 Å². The van der Waals surface area contributed by atoms with Crippen LogP contribution in [0.3, 0.4) is 0 Å². The summed E-state index contributed by atoms with van der Waals surface area (Å²) < 4.78 is 147. The van der Waals surface area contributed by atoms with Crippen LogP contribution in [0.1, 0.15) is 31.8 Å². The average Bonchev–Trinajstić information content (AvgIpc) is 3.32. The van der Waals surface area contributed by atoms with Crippen molar-refractivity contribution < 1.29 is 205 Å². The molecule has 0 fully saturated rings. The fourth-order valence-electron chi connectivity index (χ4n) is 7.08. The zero-order valence-electron chi connectivity index (χ0n) is 41.9. The van der Waals surface area contributed by atoms with Crippen LogP contribution in [0.5, 0.6) is 5.75 Å². The molecule has 0 bridgehead atoms. The molecule has 2 aliphatic carbocycles. The maximum atomic E-state index is 13.5. The third kappa shape index (κ3) is 18.3. The molecule has 0 radical (unpaired) electrons. The van der Waals surface area contributed by atoms with E-state index in [1.807, 2.05) is 0 Å². The molecule has 0 heterocycles. The predicted molar refractivity (Wildman–Crippen MR) is 262 cm³/mol. The second-order valence-corrected chi connectivity index (χ2v) is 20.9. The molecule has 78 heavy (non-hydrogen) atoms. The number of allylic oxidation sites excluding steroid dienone is 2. The smallest absolute Gasteiger partial charge is 0.744 e. The fraction of sp³-hybridized carbons (Fsp3) is 0.159. The van der Waals surface area contributed by atoms with Gasteiger partial charge in [-0.25, -0.2) is 38.5 Å². The molecule has 7 rings (SSSR count). The number of methoxy groups -OCH3 is 1. The van der Waals surface area contributed by atoms with E-state index in [-0.39, 0.29) is 189 Å². The van der Waals surface area contributed by atoms with Crippen LogP contribution in [0.25, 0.3) is 22.9 Å². The Bertz CT molecular complexity index is 3680. The van der Waals surface area contributed by atoms with Crippen molar-refractivity contribution in [1.29, 1.82) is 0 Å². The molecule has 0 unspecified atom stereocenters. The van der Waals surface area contributed by atoms with Crippen molar-refractivity contribution in [3.63, 3.8) is 0 Å². The largest absolute Gasteiger partial charge is 1.00 e. The summed E-state index contributed by atoms with van der Waals surface area (Å²) in [4.78, 5) is 38.6. The Morgan fingerprint density at radius 3 is 1.38 bits per heavy atom. The number of urea groups is 1. The SMILES string of the molecule is COc1cc(S(=O)(=O)[O-])ccc1N/N=C1/C(=O)c2ccc(NC(=O)Nc3ccc4c(c3)C=C(S(=O)(=O)[O-])/C(=N/Nc3ccc5cc(S(=O)(=O)[O-])ccc5c3)C4=O)cc2C=C1S(=O)(=O)[O-].OCCN(CCO)CCO.[Na+].[Na+].[Na+].[Na+]. The normalized spacial score (nSPS) is 14.1. The van der Waals surface area contributed by atoms with Crippen molar-refractivity contribution >= 4 is 115 Å². The molecule has 0 spiro atoms. The average molecular weight is 1190 g/mol. The first kappa shape index (κ1) is 70.8. The number of benzene rings is 5. The Labute approximate surface area is 535 Å². The number of anilines is 4. The van der Waals surface area contributed by atoms with Gasteiger partial charge in [0, 0.05) is 42.1 Å². The van der Waals surface area contributed by atoms with E-state index in [0.29, 0.717) is 30.4 Å². The number of ether oxygens (including phenoxy) is 1. The Kier molecular flexibility index (Phi) is 27.3. The first-order valence-corrected chi connectivity index (χ1v) is 26.6. The molecular weight excluding hydrogens is 1150 g/mol. The summed E-state index contributed by atoms with van der Waals surface area (Å²) in [5, 5.41) is 38.8. The molecule has 0 atom stereocenters. The number of aliphatic hydroxyl groups is 3. The molecule has 34 heteroatoms. The third-order valence-corrected chi connectivity index (χ3v) is 13.9. The quantitative estimate of drug-likeness (QED) is 0.0258. The maximum absolute atomic E-state index is 13.5. The van der Waals surface area contributed by atoms with Crippen molar-refractivity contribution in [3.8, 4) is 5.75 Å². The number of nitrogens with zero attached hydrogens (tertiary/aromatic N) is 3. The van der Waals surface area contributed by atoms with Crippen LogP contribution in [0.4, 0.5) is 27.5 Å². The maximum Gasteiger partial charge on any atom is 1.00 e. The minimum absolute atomic E-state index is 0. The first-order chi connectivity index (χ1) is 34.7. The number of aliphatic hydroxyl groups excluding tert-OH is 3. The van der Waals surface area contributed by atoms with Crippen molar-refractivity contribution in [2.24, 2.45) is 10.2 Å². The zero-order valence-corrected chi connectivity index (χ0v) is 53.2. The molecule has 26 nitrogen and oxygen atoms in total. The van der Waals surface area contributed by atoms with E-state index in [1.54, 1.807) is 4.90 Å². The number of hydrogen-bond donors (Lipinski definition) is 7. The first-order valence-electron chi connectivity index (χ1n) is 20.9. The van der Waals surface area contributed by atoms with E-state index in [1.165, 1.54) is 54.6 Å². The van der Waals surface area contributed by atoms with E-state index in [2.05, 4.69) is 31.7 Å². The number of carbonyl (C=O) groups is 3. The van der Waals surface area contributed by atoms with E-state index in [9.17, 15) is 66.3 Å². The van der Waals surface area contributed by atoms with Crippen molar-refractivity contribution in [1.82, 2.24) is 4.90 Å². The summed E-state index contributed by atoms with van der Waals surface area (Å²) in [7, 11) is -19.2. The number of ketones is 2. The van der Waals surface area contributed by atoms with Gasteiger partial charge < -0.3 is 48.9 Å². The second kappa shape index (κ2) is 30.1. The van der Waals surface area contributed by atoms with Gasteiger partial charge >= 0.3 is 124 Å². The van der Waals surface area contributed by atoms with Gasteiger partial charge in [-0.05, 0) is 113 Å². The van der Waals surface area contributed by atoms with Gasteiger partial charge in [0.15, 0.2) is 0 Å². The Morgan fingerprint density at radius 2 is 0.949 bits per heavy atom. The van der Waals surface area contributed by atoms with Gasteiger partial charge in [0.1, 0.15) is 57.6 Å². The second-order valence-electron chi connectivity index (χ2n) is 15.4. The van der Waals surface area contributed by atoms with Crippen molar-refractivity contribution in [3.05, 3.63) is 123 Å². The molecule has 0 saturated heterocycles. The van der Waals surface area contributed by atoms with Crippen LogP contribution < -0.4 is 144 Å². The van der Waals surface area contributed by atoms with Crippen LogP contribution in [-0.4, -0.2) is 148 Å². The van der Waals surface area contributed by atoms with Gasteiger partial charge in [0.05, 0.1) is 57.9 Å². The molecular formula is C44H39N7Na4O19S4. The van der Waals surface area contributed by atoms with Crippen LogP contribution in [0.2, 0.25) is 0 Å². The standard InChI is InChI=1S/C38H28N6O16S4.C6H15NO3.4Na/c1-60-31-18-27(62(51,52)53)8-11-30(31)42-44-35-33(64(57,58)59)17-22-14-24(6-10-29(22)37(35)46)40-38(47)39-23-5-9-28-21(13-23)16-32(63(54,55)56)34(36(28)45)43-41-25-4-2-20-15-26(61(48,49)50)7-3-19(20)12-25;8-4-1-7(2-5-9)3-6-10;;;;/h2-18,41-42H,1H3,(H2,39,40,47)(H,48,49,50)(H,51,52,53)(H,54,55,56)(H,57,58,59);8-10H,1-6H2;;;;/q;;4*+1/p-4/b43-34-,44-35+;;;;;. The van der Waals surface area contributed by atoms with Gasteiger partial charge in [-0.1, -0.05) is 12.1 Å². The third-order valence-electron chi connectivity index (χ3n) is 10.5. The minimum atomic E-state index is -5.38. The van der Waals surface area contributed by atoms with Gasteiger partial charge in [-0.2, -0.15) is 10.2 Å². The van der Waals surface area contributed by atoms with Crippen LogP contribution in [0, 0.1) is 0 Å². The fourth-order valence-corrected chi connectivity index (χ4v) is 9.37. The summed E-state index contributed by atoms with van der Waals surface area (Å²) in [6.07, 6.45) is 1.71. The number of hydrazone groups is 2. The summed E-state index contributed by atoms with van der Waals surface area (Å²) in [5.41, 5.74) is 2.80. The van der Waals surface area contributed by atoms with Gasteiger partial charge in [0.25, 0.3) is 0 Å². The summed E-state index contributed by atoms with van der Waals surface area (Å²) >= 11 is 0. The molecule has 7 N–H and O–H groups in total. The molecule has 392 valence electrons. The minimum Gasteiger partial charge on any atom is -0.744 e. The number of carbonyl (C=O) groups excluding carboxylic acids is 3. The van der Waals surface area contributed by atoms with E-state index >= 15 is 0 Å². The number of Topliss-reactive ketones (excluding diaryl/α,β-unsaturated/α-hetero) is 2. The molecule has 5 aromatic rings. The molecule has 2 aliphatic rings. The Balaban J connectivity index is 0.00000135. The summed E-state index contributed by atoms with van der Waals surface area (Å²) in [6.45, 7) is 1.75. The Hall–Kier alpha value is -3.33. The summed E-state index contributed by atoms with van der Waals surface area (Å²) in [5.74, 6) is -2.25. The predicted octanol–water partition coefficient (Wildman–Crippen LogP) is -10.3. The van der Waals surface area contributed by atoms with Crippen molar-refractivity contribution in [2.45, 2.75) is 9.79 Å². The molecule has 0 saturated carbocycles. The molecule has 5 aromatic carbocycles. The zero-order chi connectivity index (χ0) is 54.3. The van der Waals surface area contributed by atoms with Crippen LogP contribution in [-0.2, 0) is 40.5 Å². The number of fused-ring (bicyclic) bond motifs is 3. The van der Waals surface area contributed by atoms with E-state index < -0.39 is 89.1 Å². The van der Waals surface area contributed by atoms with E-state index in [4.69, 9.17) is 20.1 Å². The number of hydrogen-bond acceptors (Lipinski definition) is 24. The summed E-state index contributed by atoms with van der Waals surface area (Å²) in [6, 6.07) is 17.0. The topological polar surface area (TPSA) is 426 Å². The molecule has 0 aromatic heterocycles. The van der Waals surface area contributed by atoms with Crippen LogP contribution in [0.15, 0.2) is 121 Å². The molecule has 2 amide bonds. The van der Waals surface area contributed by atoms with Crippen LogP contribution >= 0.6 is 0 Å². The number of rotatable bonds is 17. The Morgan fingerprint density at radius 1 is 0.538 bits per heavy atom. The van der Waals surface area contributed by atoms with Gasteiger partial charge in [-0.15, -0.1) is 0 Å². The van der Waals surface area contributed by atoms with Crippen molar-refractivity contribution in [2.75, 3.05) is 68.0 Å². The molecule has 0 aliphatic heterocycles. The number of amides is 2.